The van der Waals surface area contributed by atoms with Crippen LogP contribution in [0.3, 0.4) is 0 Å². The second-order valence-electron chi connectivity index (χ2n) is 8.24. The third-order valence-electron chi connectivity index (χ3n) is 6.03. The van der Waals surface area contributed by atoms with Crippen molar-refractivity contribution in [1.82, 2.24) is 0 Å². The van der Waals surface area contributed by atoms with Crippen LogP contribution in [0.2, 0.25) is 5.02 Å². The van der Waals surface area contributed by atoms with Crippen LogP contribution in [0.4, 0.5) is 36.4 Å². The molecule has 4 rings (SSSR count). The number of hydrogen-bond donors (Lipinski definition) is 1. The van der Waals surface area contributed by atoms with Crippen molar-refractivity contribution in [3.63, 3.8) is 0 Å². The molecule has 1 N–H and O–H groups in total. The Bertz CT molecular complexity index is 1310. The predicted octanol–water partition coefficient (Wildman–Crippen LogP) is 8.03. The fraction of sp³-hybridized carbons (Fsp3) is 0.240. The third-order valence-corrected chi connectivity index (χ3v) is 7.09. The molecule has 0 bridgehead atoms. The Balaban J connectivity index is 1.80. The van der Waals surface area contributed by atoms with Gasteiger partial charge >= 0.3 is 12.4 Å². The number of aliphatic hydroxyl groups is 1. The lowest BCUT2D eigenvalue weighted by Crippen LogP contribution is -2.62. The summed E-state index contributed by atoms with van der Waals surface area (Å²) in [6.45, 7) is 0. The molecule has 0 aromatic heterocycles. The molecule has 3 aromatic carbocycles. The lowest BCUT2D eigenvalue weighted by Gasteiger charge is -2.32. The lowest BCUT2D eigenvalue weighted by atomic mass is 9.89. The molecule has 0 aliphatic carbocycles. The lowest BCUT2D eigenvalue weighted by molar-refractivity contribution is -0.338. The van der Waals surface area contributed by atoms with E-state index in [1.54, 1.807) is 24.3 Å². The van der Waals surface area contributed by atoms with Gasteiger partial charge in [-0.15, -0.1) is 11.8 Å². The molecule has 0 saturated heterocycles. The Morgan fingerprint density at radius 3 is 2.11 bits per heavy atom. The van der Waals surface area contributed by atoms with Gasteiger partial charge in [-0.1, -0.05) is 48.0 Å². The molecule has 3 aromatic rings. The maximum atomic E-state index is 15.2. The molecule has 0 spiro atoms. The molecule has 37 heavy (non-hydrogen) atoms. The standard InChI is InChI=1S/C25H18ClF7N2OS/c1-37-16-9-6-14(7-10-16)17-11-8-15(12-19(17)27)21-13-22(23(36,24(28,29)30)25(31,32)33)34-35(21)20-5-3-2-4-18(20)26/h2-12,21,36H,13H2,1H3. The summed E-state index contributed by atoms with van der Waals surface area (Å²) >= 11 is 7.66. The first-order valence-corrected chi connectivity index (χ1v) is 12.3. The molecule has 3 nitrogen and oxygen atoms in total. The maximum absolute atomic E-state index is 15.2. The van der Waals surface area contributed by atoms with Gasteiger partial charge in [-0.3, -0.25) is 5.01 Å². The van der Waals surface area contributed by atoms with Crippen molar-refractivity contribution < 1.29 is 35.8 Å². The predicted molar refractivity (Wildman–Crippen MR) is 129 cm³/mol. The molecular formula is C25H18ClF7N2OS. The molecule has 0 radical (unpaired) electrons. The van der Waals surface area contributed by atoms with E-state index in [-0.39, 0.29) is 21.8 Å². The molecular weight excluding hydrogens is 545 g/mol. The molecule has 196 valence electrons. The van der Waals surface area contributed by atoms with E-state index in [1.165, 1.54) is 48.2 Å². The molecule has 0 saturated carbocycles. The third kappa shape index (κ3) is 4.92. The summed E-state index contributed by atoms with van der Waals surface area (Å²) in [6.07, 6.45) is -11.3. The van der Waals surface area contributed by atoms with Crippen molar-refractivity contribution in [1.29, 1.82) is 0 Å². The van der Waals surface area contributed by atoms with Crippen LogP contribution in [0, 0.1) is 5.82 Å². The van der Waals surface area contributed by atoms with Crippen molar-refractivity contribution in [2.24, 2.45) is 5.10 Å². The number of halogens is 8. The van der Waals surface area contributed by atoms with Crippen molar-refractivity contribution in [2.45, 2.75) is 35.3 Å². The van der Waals surface area contributed by atoms with Crippen LogP contribution in [0.15, 0.2) is 76.7 Å². The fourth-order valence-corrected chi connectivity index (χ4v) is 4.71. The average molecular weight is 563 g/mol. The number of hydrogen-bond acceptors (Lipinski definition) is 4. The van der Waals surface area contributed by atoms with E-state index in [0.29, 0.717) is 5.56 Å². The summed E-state index contributed by atoms with van der Waals surface area (Å²) < 4.78 is 96.7. The largest absolute Gasteiger partial charge is 0.431 e. The van der Waals surface area contributed by atoms with Gasteiger partial charge in [0.1, 0.15) is 5.82 Å². The zero-order chi connectivity index (χ0) is 27.2. The Hall–Kier alpha value is -2.76. The monoisotopic (exact) mass is 562 g/mol. The summed E-state index contributed by atoms with van der Waals surface area (Å²) in [7, 11) is 0. The number of thioether (sulfide) groups is 1. The minimum Gasteiger partial charge on any atom is -0.369 e. The number of alkyl halides is 6. The van der Waals surface area contributed by atoms with E-state index in [1.807, 2.05) is 6.26 Å². The minimum atomic E-state index is -6.11. The Morgan fingerprint density at radius 2 is 1.57 bits per heavy atom. The molecule has 1 unspecified atom stereocenters. The maximum Gasteiger partial charge on any atom is 0.431 e. The molecule has 1 atom stereocenters. The summed E-state index contributed by atoms with van der Waals surface area (Å²) in [4.78, 5) is 0.952. The van der Waals surface area contributed by atoms with Gasteiger partial charge in [0.25, 0.3) is 5.60 Å². The van der Waals surface area contributed by atoms with Crippen LogP contribution in [0.25, 0.3) is 11.1 Å². The summed E-state index contributed by atoms with van der Waals surface area (Å²) in [6, 6.07) is 15.2. The Kier molecular flexibility index (Phi) is 7.26. The van der Waals surface area contributed by atoms with Gasteiger partial charge in [-0.05, 0) is 47.7 Å². The zero-order valence-electron chi connectivity index (χ0n) is 18.9. The molecule has 0 amide bonds. The van der Waals surface area contributed by atoms with Crippen LogP contribution < -0.4 is 5.01 Å². The zero-order valence-corrected chi connectivity index (χ0v) is 20.5. The molecule has 1 heterocycles. The van der Waals surface area contributed by atoms with E-state index in [4.69, 9.17) is 11.6 Å². The number of benzene rings is 3. The van der Waals surface area contributed by atoms with Crippen LogP contribution >= 0.6 is 23.4 Å². The topological polar surface area (TPSA) is 35.8 Å². The van der Waals surface area contributed by atoms with E-state index in [2.05, 4.69) is 5.10 Å². The second kappa shape index (κ2) is 9.85. The van der Waals surface area contributed by atoms with Crippen molar-refractivity contribution in [3.8, 4) is 11.1 Å². The molecule has 1 aliphatic rings. The Morgan fingerprint density at radius 1 is 0.946 bits per heavy atom. The van der Waals surface area contributed by atoms with Crippen LogP contribution in [0.1, 0.15) is 18.0 Å². The van der Waals surface area contributed by atoms with E-state index >= 15 is 4.39 Å². The molecule has 1 aliphatic heterocycles. The average Bonchev–Trinajstić information content (AvgIpc) is 3.28. The van der Waals surface area contributed by atoms with Crippen molar-refractivity contribution in [2.75, 3.05) is 11.3 Å². The van der Waals surface area contributed by atoms with Crippen LogP contribution in [0.5, 0.6) is 0 Å². The summed E-state index contributed by atoms with van der Waals surface area (Å²) in [5.41, 5.74) is -6.00. The summed E-state index contributed by atoms with van der Waals surface area (Å²) in [5, 5.41) is 14.4. The summed E-state index contributed by atoms with van der Waals surface area (Å²) in [5.74, 6) is -0.733. The van der Waals surface area contributed by atoms with Crippen LogP contribution in [-0.4, -0.2) is 35.0 Å². The van der Waals surface area contributed by atoms with Gasteiger partial charge in [0.2, 0.25) is 0 Å². The first-order valence-electron chi connectivity index (χ1n) is 10.7. The van der Waals surface area contributed by atoms with E-state index in [0.717, 1.165) is 16.0 Å². The number of hydrazone groups is 1. The highest BCUT2D eigenvalue weighted by Crippen LogP contribution is 2.49. The quantitative estimate of drug-likeness (QED) is 0.253. The van der Waals surface area contributed by atoms with Crippen LogP contribution in [-0.2, 0) is 0 Å². The minimum absolute atomic E-state index is 0.00648. The van der Waals surface area contributed by atoms with E-state index < -0.39 is 41.9 Å². The Labute approximate surface area is 216 Å². The van der Waals surface area contributed by atoms with Gasteiger partial charge in [-0.25, -0.2) is 4.39 Å². The molecule has 12 heteroatoms. The smallest absolute Gasteiger partial charge is 0.369 e. The number of anilines is 1. The number of rotatable bonds is 5. The number of para-hydroxylation sites is 1. The molecule has 0 fully saturated rings. The van der Waals surface area contributed by atoms with Gasteiger partial charge in [-0.2, -0.15) is 31.4 Å². The number of nitrogens with zero attached hydrogens (tertiary/aromatic N) is 2. The van der Waals surface area contributed by atoms with Gasteiger partial charge in [0.05, 0.1) is 22.5 Å². The highest BCUT2D eigenvalue weighted by Gasteiger charge is 2.74. The van der Waals surface area contributed by atoms with Gasteiger partial charge in [0, 0.05) is 16.9 Å². The normalized spacial score (nSPS) is 16.8. The first-order chi connectivity index (χ1) is 17.3. The van der Waals surface area contributed by atoms with Crippen molar-refractivity contribution in [3.05, 3.63) is 83.1 Å². The van der Waals surface area contributed by atoms with Crippen molar-refractivity contribution >= 4 is 34.8 Å². The SMILES string of the molecule is CSc1ccc(-c2ccc(C3CC(C(O)(C(F)(F)F)C(F)(F)F)=NN3c3ccccc3Cl)cc2F)cc1. The fourth-order valence-electron chi connectivity index (χ4n) is 4.08. The highest BCUT2D eigenvalue weighted by molar-refractivity contribution is 7.98. The van der Waals surface area contributed by atoms with Gasteiger partial charge < -0.3 is 5.11 Å². The second-order valence-corrected chi connectivity index (χ2v) is 9.52. The highest BCUT2D eigenvalue weighted by atomic mass is 35.5. The van der Waals surface area contributed by atoms with Gasteiger partial charge in [0.15, 0.2) is 0 Å². The first kappa shape index (κ1) is 27.3. The van der Waals surface area contributed by atoms with E-state index in [9.17, 15) is 31.4 Å².